The Hall–Kier alpha value is -3.69. The lowest BCUT2D eigenvalue weighted by atomic mass is 10.0. The molecule has 0 aliphatic heterocycles. The van der Waals surface area contributed by atoms with Gasteiger partial charge in [0, 0.05) is 10.4 Å². The van der Waals surface area contributed by atoms with E-state index in [4.69, 9.17) is 0 Å². The molecule has 0 aliphatic rings. The lowest BCUT2D eigenvalue weighted by Crippen LogP contribution is -2.11. The number of aromatic nitrogens is 2. The normalized spacial score (nSPS) is 11.9. The zero-order valence-corrected chi connectivity index (χ0v) is 16.7. The Bertz CT molecular complexity index is 1340. The largest absolute Gasteiger partial charge is 0.506 e. The van der Waals surface area contributed by atoms with Crippen molar-refractivity contribution < 1.29 is 5.11 Å². The van der Waals surface area contributed by atoms with E-state index in [1.165, 1.54) is 11.3 Å². The number of H-pyrrole nitrogens is 1. The quantitative estimate of drug-likeness (QED) is 0.365. The van der Waals surface area contributed by atoms with Crippen LogP contribution in [-0.4, -0.2) is 15.1 Å². The molecule has 2 N–H and O–H groups in total. The maximum atomic E-state index is 12.5. The number of aromatic amines is 1. The van der Waals surface area contributed by atoms with E-state index in [2.05, 4.69) is 9.97 Å². The Morgan fingerprint density at radius 3 is 2.38 bits per heavy atom. The first-order chi connectivity index (χ1) is 14.0. The Balaban J connectivity index is 1.79. The third-order valence-corrected chi connectivity index (χ3v) is 5.99. The molecule has 0 saturated carbocycles. The number of rotatable bonds is 3. The van der Waals surface area contributed by atoms with Crippen LogP contribution in [0.3, 0.4) is 0 Å². The van der Waals surface area contributed by atoms with Gasteiger partial charge in [-0.2, -0.15) is 5.26 Å². The number of benzene rings is 2. The fourth-order valence-corrected chi connectivity index (χ4v) is 4.22. The standard InChI is InChI=1S/C23H17N3O2S/c1-13-14(2)29-23-19(13)22(28)25-21(26-23)18(12-24)20(27)17-10-8-16(9-11-17)15-6-4-3-5-7-15/h3-11,27H,1-2H3,(H,25,26,28). The number of nitrogens with one attached hydrogen (secondary N) is 1. The van der Waals surface area contributed by atoms with Crippen molar-refractivity contribution in [1.29, 1.82) is 5.26 Å². The topological polar surface area (TPSA) is 89.8 Å². The molecule has 0 spiro atoms. The van der Waals surface area contributed by atoms with Crippen LogP contribution in [0.2, 0.25) is 0 Å². The molecule has 0 amide bonds. The molecule has 5 nitrogen and oxygen atoms in total. The van der Waals surface area contributed by atoms with Crippen LogP contribution in [0.1, 0.15) is 21.8 Å². The highest BCUT2D eigenvalue weighted by atomic mass is 32.1. The molecule has 0 fully saturated rings. The van der Waals surface area contributed by atoms with Gasteiger partial charge in [0.05, 0.1) is 5.39 Å². The van der Waals surface area contributed by atoms with Crippen molar-refractivity contribution in [3.05, 3.63) is 86.8 Å². The van der Waals surface area contributed by atoms with Gasteiger partial charge in [0.1, 0.15) is 22.2 Å². The predicted octanol–water partition coefficient (Wildman–Crippen LogP) is 5.22. The summed E-state index contributed by atoms with van der Waals surface area (Å²) in [5.74, 6) is -0.157. The maximum absolute atomic E-state index is 12.5. The van der Waals surface area contributed by atoms with Crippen LogP contribution < -0.4 is 5.56 Å². The molecular formula is C23H17N3O2S. The number of fused-ring (bicyclic) bond motifs is 1. The first-order valence-corrected chi connectivity index (χ1v) is 9.81. The van der Waals surface area contributed by atoms with Gasteiger partial charge in [-0.25, -0.2) is 4.98 Å². The van der Waals surface area contributed by atoms with Crippen LogP contribution in [0.4, 0.5) is 0 Å². The molecule has 0 aliphatic carbocycles. The number of hydrogen-bond donors (Lipinski definition) is 2. The fourth-order valence-electron chi connectivity index (χ4n) is 3.19. The predicted molar refractivity (Wildman–Crippen MR) is 117 cm³/mol. The van der Waals surface area contributed by atoms with Crippen LogP contribution in [-0.2, 0) is 0 Å². The Labute approximate surface area is 171 Å². The van der Waals surface area contributed by atoms with E-state index < -0.39 is 0 Å². The monoisotopic (exact) mass is 399 g/mol. The molecule has 0 atom stereocenters. The van der Waals surface area contributed by atoms with Gasteiger partial charge in [0.2, 0.25) is 0 Å². The molecular weight excluding hydrogens is 382 g/mol. The van der Waals surface area contributed by atoms with Gasteiger partial charge in [-0.05, 0) is 30.5 Å². The van der Waals surface area contributed by atoms with Gasteiger partial charge in [0.15, 0.2) is 5.82 Å². The summed E-state index contributed by atoms with van der Waals surface area (Å²) < 4.78 is 0. The third-order valence-electron chi connectivity index (χ3n) is 4.89. The van der Waals surface area contributed by atoms with Crippen LogP contribution in [0.15, 0.2) is 59.4 Å². The first-order valence-electron chi connectivity index (χ1n) is 8.99. The van der Waals surface area contributed by atoms with Crippen LogP contribution in [0.5, 0.6) is 0 Å². The van der Waals surface area contributed by atoms with E-state index in [-0.39, 0.29) is 22.7 Å². The molecule has 0 saturated heterocycles. The Morgan fingerprint density at radius 2 is 1.72 bits per heavy atom. The molecule has 0 radical (unpaired) electrons. The average molecular weight is 399 g/mol. The summed E-state index contributed by atoms with van der Waals surface area (Å²) in [5.41, 5.74) is 3.03. The van der Waals surface area contributed by atoms with Gasteiger partial charge >= 0.3 is 0 Å². The van der Waals surface area contributed by atoms with Crippen molar-refractivity contribution in [2.24, 2.45) is 0 Å². The summed E-state index contributed by atoms with van der Waals surface area (Å²) in [6.07, 6.45) is 0. The second-order valence-electron chi connectivity index (χ2n) is 6.66. The first kappa shape index (κ1) is 18.7. The Morgan fingerprint density at radius 1 is 1.07 bits per heavy atom. The van der Waals surface area contributed by atoms with Gasteiger partial charge in [-0.15, -0.1) is 11.3 Å². The van der Waals surface area contributed by atoms with Crippen molar-refractivity contribution in [3.8, 4) is 17.2 Å². The lowest BCUT2D eigenvalue weighted by Gasteiger charge is -2.07. The summed E-state index contributed by atoms with van der Waals surface area (Å²) in [4.78, 5) is 21.1. The van der Waals surface area contributed by atoms with Crippen molar-refractivity contribution in [3.63, 3.8) is 0 Å². The van der Waals surface area contributed by atoms with Crippen molar-refractivity contribution >= 4 is 32.9 Å². The van der Waals surface area contributed by atoms with E-state index in [9.17, 15) is 15.2 Å². The molecule has 0 unspecified atom stereocenters. The number of hydrogen-bond acceptors (Lipinski definition) is 5. The summed E-state index contributed by atoms with van der Waals surface area (Å²) in [6, 6.07) is 19.1. The highest BCUT2D eigenvalue weighted by Gasteiger charge is 2.17. The summed E-state index contributed by atoms with van der Waals surface area (Å²) in [7, 11) is 0. The minimum absolute atomic E-state index is 0.0656. The highest BCUT2D eigenvalue weighted by Crippen LogP contribution is 2.29. The fraction of sp³-hybridized carbons (Fsp3) is 0.0870. The SMILES string of the molecule is Cc1sc2nc(C(C#N)=C(O)c3ccc(-c4ccccc4)cc3)[nH]c(=O)c2c1C. The minimum Gasteiger partial charge on any atom is -0.506 e. The number of thiophene rings is 1. The van der Waals surface area contributed by atoms with E-state index in [1.54, 1.807) is 12.1 Å². The minimum atomic E-state index is -0.313. The number of aliphatic hydroxyl groups is 1. The van der Waals surface area contributed by atoms with Gasteiger partial charge in [0.25, 0.3) is 5.56 Å². The van der Waals surface area contributed by atoms with Gasteiger partial charge in [-0.3, -0.25) is 4.79 Å². The van der Waals surface area contributed by atoms with Crippen molar-refractivity contribution in [2.45, 2.75) is 13.8 Å². The van der Waals surface area contributed by atoms with E-state index in [0.717, 1.165) is 21.6 Å². The second kappa shape index (κ2) is 7.38. The molecule has 2 aromatic heterocycles. The van der Waals surface area contributed by atoms with Crippen LogP contribution in [0, 0.1) is 25.2 Å². The molecule has 4 rings (SSSR count). The van der Waals surface area contributed by atoms with Crippen LogP contribution in [0.25, 0.3) is 32.7 Å². The van der Waals surface area contributed by atoms with E-state index in [0.29, 0.717) is 15.8 Å². The number of nitrogens with zero attached hydrogens (tertiary/aromatic N) is 2. The lowest BCUT2D eigenvalue weighted by molar-refractivity contribution is 0.514. The molecule has 2 aromatic carbocycles. The zero-order valence-electron chi connectivity index (χ0n) is 15.9. The van der Waals surface area contributed by atoms with Gasteiger partial charge in [-0.1, -0.05) is 54.6 Å². The van der Waals surface area contributed by atoms with Crippen molar-refractivity contribution in [1.82, 2.24) is 9.97 Å². The molecule has 142 valence electrons. The molecule has 29 heavy (non-hydrogen) atoms. The van der Waals surface area contributed by atoms with E-state index >= 15 is 0 Å². The molecule has 4 aromatic rings. The Kier molecular flexibility index (Phi) is 4.75. The molecule has 6 heteroatoms. The highest BCUT2D eigenvalue weighted by molar-refractivity contribution is 7.18. The van der Waals surface area contributed by atoms with Crippen molar-refractivity contribution in [2.75, 3.05) is 0 Å². The summed E-state index contributed by atoms with van der Waals surface area (Å²) in [5, 5.41) is 20.9. The molecule has 0 bridgehead atoms. The zero-order chi connectivity index (χ0) is 20.5. The molecule has 2 heterocycles. The second-order valence-corrected chi connectivity index (χ2v) is 7.86. The number of allylic oxidation sites excluding steroid dienone is 1. The number of nitriles is 1. The smallest absolute Gasteiger partial charge is 0.260 e. The number of aliphatic hydroxyl groups excluding tert-OH is 1. The maximum Gasteiger partial charge on any atom is 0.260 e. The average Bonchev–Trinajstić information content (AvgIpc) is 3.03. The number of aryl methyl sites for hydroxylation is 2. The van der Waals surface area contributed by atoms with E-state index in [1.807, 2.05) is 62.4 Å². The van der Waals surface area contributed by atoms with Crippen LogP contribution >= 0.6 is 11.3 Å². The summed E-state index contributed by atoms with van der Waals surface area (Å²) >= 11 is 1.40. The van der Waals surface area contributed by atoms with Gasteiger partial charge < -0.3 is 10.1 Å². The summed E-state index contributed by atoms with van der Waals surface area (Å²) in [6.45, 7) is 3.80. The third kappa shape index (κ3) is 3.33.